The monoisotopic (exact) mass is 386 g/mol. The Balaban J connectivity index is 2.31. The number of benzene rings is 2. The molecule has 0 aliphatic rings. The van der Waals surface area contributed by atoms with Crippen molar-refractivity contribution in [3.05, 3.63) is 52.6 Å². The Morgan fingerprint density at radius 2 is 2.00 bits per heavy atom. The standard InChI is InChI=1S/C20H19ClN2O4/c1-4-27-18-7-5-6-13(19(18)26-3)10-14(12-22)20(24)23-15-8-9-17(25-2)16(21)11-15/h5-11H,4H2,1-3H3,(H,23,24)/b14-10+. The summed E-state index contributed by atoms with van der Waals surface area (Å²) in [6.07, 6.45) is 1.45. The number of nitrogens with zero attached hydrogens (tertiary/aromatic N) is 1. The lowest BCUT2D eigenvalue weighted by Crippen LogP contribution is -2.13. The van der Waals surface area contributed by atoms with Crippen molar-refractivity contribution in [3.8, 4) is 23.3 Å². The summed E-state index contributed by atoms with van der Waals surface area (Å²) in [6.45, 7) is 2.32. The van der Waals surface area contributed by atoms with E-state index in [0.29, 0.717) is 40.1 Å². The third kappa shape index (κ3) is 4.93. The molecule has 0 radical (unpaired) electrons. The molecule has 0 aliphatic carbocycles. The van der Waals surface area contributed by atoms with E-state index in [1.54, 1.807) is 36.4 Å². The number of rotatable bonds is 7. The van der Waals surface area contributed by atoms with Crippen LogP contribution in [0.1, 0.15) is 12.5 Å². The number of methoxy groups -OCH3 is 2. The Bertz CT molecular complexity index is 903. The van der Waals surface area contributed by atoms with Crippen LogP contribution in [0.4, 0.5) is 5.69 Å². The van der Waals surface area contributed by atoms with Gasteiger partial charge in [0.25, 0.3) is 5.91 Å². The molecule has 0 spiro atoms. The molecule has 0 atom stereocenters. The molecule has 0 saturated carbocycles. The number of ether oxygens (including phenoxy) is 3. The van der Waals surface area contributed by atoms with Gasteiger partial charge in [-0.15, -0.1) is 0 Å². The Morgan fingerprint density at radius 3 is 2.59 bits per heavy atom. The van der Waals surface area contributed by atoms with Gasteiger partial charge in [-0.3, -0.25) is 4.79 Å². The number of amides is 1. The van der Waals surface area contributed by atoms with Crippen LogP contribution < -0.4 is 19.5 Å². The minimum atomic E-state index is -0.567. The average Bonchev–Trinajstić information content (AvgIpc) is 2.66. The second-order valence-corrected chi connectivity index (χ2v) is 5.69. The van der Waals surface area contributed by atoms with Gasteiger partial charge in [0.05, 0.1) is 25.8 Å². The van der Waals surface area contributed by atoms with Gasteiger partial charge < -0.3 is 19.5 Å². The second kappa shape index (κ2) is 9.51. The van der Waals surface area contributed by atoms with Crippen LogP contribution in [0, 0.1) is 11.3 Å². The molecule has 0 fully saturated rings. The number of nitrogens with one attached hydrogen (secondary N) is 1. The fourth-order valence-corrected chi connectivity index (χ4v) is 2.64. The maximum Gasteiger partial charge on any atom is 0.266 e. The van der Waals surface area contributed by atoms with E-state index in [1.807, 2.05) is 13.0 Å². The Morgan fingerprint density at radius 1 is 1.22 bits per heavy atom. The third-order valence-corrected chi connectivity index (χ3v) is 3.88. The molecule has 0 saturated heterocycles. The molecule has 0 aliphatic heterocycles. The van der Waals surface area contributed by atoms with E-state index in [-0.39, 0.29) is 5.57 Å². The molecule has 2 aromatic rings. The molecule has 0 unspecified atom stereocenters. The van der Waals surface area contributed by atoms with Crippen molar-refractivity contribution < 1.29 is 19.0 Å². The van der Waals surface area contributed by atoms with Crippen LogP contribution in [0.5, 0.6) is 17.2 Å². The van der Waals surface area contributed by atoms with E-state index in [2.05, 4.69) is 5.32 Å². The fourth-order valence-electron chi connectivity index (χ4n) is 2.38. The Kier molecular flexibility index (Phi) is 7.09. The summed E-state index contributed by atoms with van der Waals surface area (Å²) in [6, 6.07) is 12.0. The van der Waals surface area contributed by atoms with Crippen molar-refractivity contribution in [1.29, 1.82) is 5.26 Å². The highest BCUT2D eigenvalue weighted by molar-refractivity contribution is 6.32. The molecule has 1 N–H and O–H groups in total. The SMILES string of the molecule is CCOc1cccc(/C=C(\C#N)C(=O)Nc2ccc(OC)c(Cl)c2)c1OC. The zero-order valence-corrected chi connectivity index (χ0v) is 16.0. The summed E-state index contributed by atoms with van der Waals surface area (Å²) in [5.74, 6) is 0.909. The Labute approximate surface area is 162 Å². The number of para-hydroxylation sites is 1. The molecule has 0 aromatic heterocycles. The number of nitriles is 1. The molecule has 6 nitrogen and oxygen atoms in total. The summed E-state index contributed by atoms with van der Waals surface area (Å²) in [5, 5.41) is 12.4. The molecule has 1 amide bonds. The van der Waals surface area contributed by atoms with E-state index in [0.717, 1.165) is 0 Å². The van der Waals surface area contributed by atoms with Crippen LogP contribution in [0.2, 0.25) is 5.02 Å². The summed E-state index contributed by atoms with van der Waals surface area (Å²) in [7, 11) is 3.00. The Hall–Kier alpha value is -3.17. The van der Waals surface area contributed by atoms with Crippen molar-refractivity contribution in [2.45, 2.75) is 6.92 Å². The zero-order valence-electron chi connectivity index (χ0n) is 15.2. The van der Waals surface area contributed by atoms with Crippen LogP contribution in [0.3, 0.4) is 0 Å². The number of anilines is 1. The van der Waals surface area contributed by atoms with E-state index >= 15 is 0 Å². The van der Waals surface area contributed by atoms with Gasteiger partial charge in [0.2, 0.25) is 0 Å². The average molecular weight is 387 g/mol. The molecular formula is C20H19ClN2O4. The van der Waals surface area contributed by atoms with Gasteiger partial charge in [0.1, 0.15) is 17.4 Å². The van der Waals surface area contributed by atoms with Crippen LogP contribution in [0.15, 0.2) is 42.0 Å². The largest absolute Gasteiger partial charge is 0.495 e. The summed E-state index contributed by atoms with van der Waals surface area (Å²) >= 11 is 6.06. The summed E-state index contributed by atoms with van der Waals surface area (Å²) < 4.78 is 16.0. The first kappa shape index (κ1) is 20.1. The van der Waals surface area contributed by atoms with Gasteiger partial charge in [-0.2, -0.15) is 5.26 Å². The van der Waals surface area contributed by atoms with Crippen molar-refractivity contribution in [1.82, 2.24) is 0 Å². The molecule has 0 bridgehead atoms. The predicted octanol–water partition coefficient (Wildman–Crippen LogP) is 4.30. The van der Waals surface area contributed by atoms with Crippen LogP contribution in [-0.4, -0.2) is 26.7 Å². The first-order chi connectivity index (χ1) is 13.0. The fraction of sp³-hybridized carbons (Fsp3) is 0.200. The topological polar surface area (TPSA) is 80.6 Å². The van der Waals surface area contributed by atoms with Gasteiger partial charge in [-0.25, -0.2) is 0 Å². The van der Waals surface area contributed by atoms with Gasteiger partial charge in [0.15, 0.2) is 11.5 Å². The molecule has 0 heterocycles. The molecule has 7 heteroatoms. The van der Waals surface area contributed by atoms with Crippen molar-refractivity contribution >= 4 is 29.3 Å². The zero-order chi connectivity index (χ0) is 19.8. The second-order valence-electron chi connectivity index (χ2n) is 5.28. The minimum absolute atomic E-state index is 0.0890. The van der Waals surface area contributed by atoms with Crippen molar-refractivity contribution in [2.75, 3.05) is 26.1 Å². The van der Waals surface area contributed by atoms with E-state index < -0.39 is 5.91 Å². The molecule has 140 valence electrons. The summed E-state index contributed by atoms with van der Waals surface area (Å²) in [4.78, 5) is 12.5. The third-order valence-electron chi connectivity index (χ3n) is 3.59. The lowest BCUT2D eigenvalue weighted by Gasteiger charge is -2.12. The number of carbonyl (C=O) groups excluding carboxylic acids is 1. The van der Waals surface area contributed by atoms with Crippen molar-refractivity contribution in [2.24, 2.45) is 0 Å². The number of hydrogen-bond donors (Lipinski definition) is 1. The quantitative estimate of drug-likeness (QED) is 0.566. The van der Waals surface area contributed by atoms with Crippen LogP contribution >= 0.6 is 11.6 Å². The molecule has 2 rings (SSSR count). The van der Waals surface area contributed by atoms with E-state index in [9.17, 15) is 10.1 Å². The molecule has 2 aromatic carbocycles. The molecule has 27 heavy (non-hydrogen) atoms. The van der Waals surface area contributed by atoms with Gasteiger partial charge in [0, 0.05) is 11.3 Å². The van der Waals surface area contributed by atoms with E-state index in [4.69, 9.17) is 25.8 Å². The highest BCUT2D eigenvalue weighted by Gasteiger charge is 2.14. The van der Waals surface area contributed by atoms with Gasteiger partial charge in [-0.05, 0) is 37.3 Å². The lowest BCUT2D eigenvalue weighted by atomic mass is 10.1. The normalized spacial score (nSPS) is 10.7. The maximum atomic E-state index is 12.5. The van der Waals surface area contributed by atoms with Crippen LogP contribution in [0.25, 0.3) is 6.08 Å². The van der Waals surface area contributed by atoms with E-state index in [1.165, 1.54) is 20.3 Å². The minimum Gasteiger partial charge on any atom is -0.495 e. The first-order valence-corrected chi connectivity index (χ1v) is 8.48. The molecular weight excluding hydrogens is 368 g/mol. The number of hydrogen-bond acceptors (Lipinski definition) is 5. The lowest BCUT2D eigenvalue weighted by molar-refractivity contribution is -0.112. The smallest absolute Gasteiger partial charge is 0.266 e. The highest BCUT2D eigenvalue weighted by atomic mass is 35.5. The van der Waals surface area contributed by atoms with Crippen LogP contribution in [-0.2, 0) is 4.79 Å². The van der Waals surface area contributed by atoms with Gasteiger partial charge in [-0.1, -0.05) is 23.7 Å². The number of carbonyl (C=O) groups is 1. The first-order valence-electron chi connectivity index (χ1n) is 8.10. The predicted molar refractivity (Wildman–Crippen MR) is 104 cm³/mol. The van der Waals surface area contributed by atoms with Crippen molar-refractivity contribution in [3.63, 3.8) is 0 Å². The maximum absolute atomic E-state index is 12.5. The highest BCUT2D eigenvalue weighted by Crippen LogP contribution is 2.33. The summed E-state index contributed by atoms with van der Waals surface area (Å²) in [5.41, 5.74) is 0.916. The number of halogens is 1. The van der Waals surface area contributed by atoms with Gasteiger partial charge >= 0.3 is 0 Å².